The van der Waals surface area contributed by atoms with Gasteiger partial charge in [0.05, 0.1) is 11.9 Å². The topological polar surface area (TPSA) is 121 Å². The smallest absolute Gasteiger partial charge is 0.257 e. The van der Waals surface area contributed by atoms with Gasteiger partial charge in [0.1, 0.15) is 11.4 Å². The van der Waals surface area contributed by atoms with Crippen molar-refractivity contribution in [2.45, 2.75) is 39.7 Å². The van der Waals surface area contributed by atoms with Gasteiger partial charge in [-0.05, 0) is 63.6 Å². The molecule has 3 rings (SSSR count). The Balaban J connectivity index is 1.93. The van der Waals surface area contributed by atoms with Crippen molar-refractivity contribution >= 4 is 40.6 Å². The van der Waals surface area contributed by atoms with Crippen molar-refractivity contribution in [1.82, 2.24) is 20.3 Å². The highest BCUT2D eigenvalue weighted by atomic mass is 16.2. The van der Waals surface area contributed by atoms with Crippen molar-refractivity contribution in [1.29, 1.82) is 0 Å². The number of pyridine rings is 1. The number of anilines is 5. The summed E-state index contributed by atoms with van der Waals surface area (Å²) in [6.45, 7) is 11.2. The predicted octanol–water partition coefficient (Wildman–Crippen LogP) is 4.57. The molecule has 0 aliphatic heterocycles. The molecule has 2 aromatic heterocycles. The molecule has 4 N–H and O–H groups in total. The second-order valence-corrected chi connectivity index (χ2v) is 8.58. The van der Waals surface area contributed by atoms with Crippen molar-refractivity contribution in [3.05, 3.63) is 72.7 Å². The van der Waals surface area contributed by atoms with Gasteiger partial charge in [0.15, 0.2) is 0 Å². The molecule has 34 heavy (non-hydrogen) atoms. The Morgan fingerprint density at radius 1 is 1.00 bits per heavy atom. The Morgan fingerprint density at radius 3 is 2.41 bits per heavy atom. The number of carbonyl (C=O) groups is 2. The van der Waals surface area contributed by atoms with Crippen LogP contribution in [0.15, 0.2) is 61.4 Å². The van der Waals surface area contributed by atoms with Crippen molar-refractivity contribution in [3.63, 3.8) is 0 Å². The van der Waals surface area contributed by atoms with E-state index in [1.54, 1.807) is 30.5 Å². The summed E-state index contributed by atoms with van der Waals surface area (Å²) in [5.74, 6) is -0.0215. The van der Waals surface area contributed by atoms with Crippen LogP contribution in [-0.2, 0) is 11.2 Å². The summed E-state index contributed by atoms with van der Waals surface area (Å²) in [7, 11) is 0. The van der Waals surface area contributed by atoms with E-state index in [0.29, 0.717) is 23.1 Å². The third-order valence-corrected chi connectivity index (χ3v) is 4.54. The van der Waals surface area contributed by atoms with Crippen molar-refractivity contribution in [2.24, 2.45) is 0 Å². The Labute approximate surface area is 199 Å². The largest absolute Gasteiger partial charge is 0.347 e. The molecule has 3 aromatic rings. The van der Waals surface area contributed by atoms with E-state index in [0.717, 1.165) is 17.8 Å². The quantitative estimate of drug-likeness (QED) is 0.364. The lowest BCUT2D eigenvalue weighted by atomic mass is 10.1. The zero-order valence-electron chi connectivity index (χ0n) is 19.8. The van der Waals surface area contributed by atoms with Crippen LogP contribution in [0.1, 0.15) is 43.7 Å². The average Bonchev–Trinajstić information content (AvgIpc) is 2.78. The third-order valence-electron chi connectivity index (χ3n) is 4.54. The summed E-state index contributed by atoms with van der Waals surface area (Å²) >= 11 is 0. The Bertz CT molecular complexity index is 1180. The molecule has 0 spiro atoms. The lowest BCUT2D eigenvalue weighted by molar-refractivity contribution is -0.111. The molecule has 0 saturated heterocycles. The van der Waals surface area contributed by atoms with Crippen LogP contribution >= 0.6 is 0 Å². The first-order chi connectivity index (χ1) is 16.2. The van der Waals surface area contributed by atoms with Crippen LogP contribution in [0.3, 0.4) is 0 Å². The van der Waals surface area contributed by atoms with E-state index < -0.39 is 5.54 Å². The predicted molar refractivity (Wildman–Crippen MR) is 135 cm³/mol. The molecule has 0 aliphatic carbocycles. The van der Waals surface area contributed by atoms with Crippen LogP contribution in [0, 0.1) is 0 Å². The van der Waals surface area contributed by atoms with E-state index >= 15 is 0 Å². The van der Waals surface area contributed by atoms with Crippen molar-refractivity contribution < 1.29 is 9.59 Å². The number of amides is 2. The minimum atomic E-state index is -0.438. The van der Waals surface area contributed by atoms with Gasteiger partial charge in [-0.2, -0.15) is 4.98 Å². The fourth-order valence-electron chi connectivity index (χ4n) is 2.95. The monoisotopic (exact) mass is 459 g/mol. The molecule has 0 saturated carbocycles. The standard InChI is InChI=1S/C25H29N7O2/c1-6-16-11-12-19(14-26-16)30-24-27-15-20(23(34)32-25(3,4)5)22(31-24)29-18-10-8-9-17(13-18)28-21(33)7-2/h7-15H,2,6H2,1,3-5H3,(H,28,33)(H,32,34)(H2,27,29,30,31). The molecule has 0 atom stereocenters. The van der Waals surface area contributed by atoms with Crippen LogP contribution in [0.25, 0.3) is 0 Å². The minimum Gasteiger partial charge on any atom is -0.347 e. The second-order valence-electron chi connectivity index (χ2n) is 8.58. The van der Waals surface area contributed by atoms with Crippen molar-refractivity contribution in [3.8, 4) is 0 Å². The van der Waals surface area contributed by atoms with E-state index in [1.807, 2.05) is 39.8 Å². The fraction of sp³-hybridized carbons (Fsp3) is 0.240. The number of nitrogens with one attached hydrogen (secondary N) is 4. The Kier molecular flexibility index (Phi) is 7.57. The first kappa shape index (κ1) is 24.4. The SMILES string of the molecule is C=CC(=O)Nc1cccc(Nc2nc(Nc3ccc(CC)nc3)ncc2C(=O)NC(C)(C)C)c1. The molecule has 176 valence electrons. The average molecular weight is 460 g/mol. The van der Waals surface area contributed by atoms with Gasteiger partial charge in [-0.3, -0.25) is 14.6 Å². The first-order valence-corrected chi connectivity index (χ1v) is 10.9. The van der Waals surface area contributed by atoms with Gasteiger partial charge in [0, 0.05) is 28.8 Å². The number of aromatic nitrogens is 3. The maximum Gasteiger partial charge on any atom is 0.257 e. The molecule has 0 radical (unpaired) electrons. The molecular weight excluding hydrogens is 430 g/mol. The van der Waals surface area contributed by atoms with Gasteiger partial charge in [-0.1, -0.05) is 19.6 Å². The number of carbonyl (C=O) groups excluding carboxylic acids is 2. The highest BCUT2D eigenvalue weighted by molar-refractivity contribution is 6.00. The number of aryl methyl sites for hydroxylation is 1. The van der Waals surface area contributed by atoms with Crippen LogP contribution < -0.4 is 21.3 Å². The molecular formula is C25H29N7O2. The van der Waals surface area contributed by atoms with E-state index in [9.17, 15) is 9.59 Å². The molecule has 2 heterocycles. The van der Waals surface area contributed by atoms with Crippen LogP contribution in [0.5, 0.6) is 0 Å². The molecule has 1 aromatic carbocycles. The van der Waals surface area contributed by atoms with Gasteiger partial charge >= 0.3 is 0 Å². The number of nitrogens with zero attached hydrogens (tertiary/aromatic N) is 3. The molecule has 0 bridgehead atoms. The van der Waals surface area contributed by atoms with Crippen molar-refractivity contribution in [2.75, 3.05) is 16.0 Å². The lowest BCUT2D eigenvalue weighted by Gasteiger charge is -2.21. The molecule has 2 amide bonds. The second kappa shape index (κ2) is 10.6. The van der Waals surface area contributed by atoms with Gasteiger partial charge < -0.3 is 21.3 Å². The summed E-state index contributed by atoms with van der Waals surface area (Å²) in [5, 5.41) is 11.9. The molecule has 0 aliphatic rings. The maximum atomic E-state index is 12.9. The van der Waals surface area contributed by atoms with Crippen LogP contribution in [-0.4, -0.2) is 32.3 Å². The third kappa shape index (κ3) is 6.86. The Morgan fingerprint density at radius 2 is 1.76 bits per heavy atom. The summed E-state index contributed by atoms with van der Waals surface area (Å²) < 4.78 is 0. The van der Waals surface area contributed by atoms with Gasteiger partial charge in [-0.25, -0.2) is 4.98 Å². The first-order valence-electron chi connectivity index (χ1n) is 10.9. The molecule has 9 nitrogen and oxygen atoms in total. The number of hydrogen-bond acceptors (Lipinski definition) is 7. The Hall–Kier alpha value is -4.27. The van der Waals surface area contributed by atoms with E-state index in [-0.39, 0.29) is 17.4 Å². The normalized spacial score (nSPS) is 10.8. The number of rotatable bonds is 8. The zero-order chi connectivity index (χ0) is 24.7. The summed E-state index contributed by atoms with van der Waals surface area (Å²) in [5.41, 5.74) is 2.75. The highest BCUT2D eigenvalue weighted by Gasteiger charge is 2.20. The minimum absolute atomic E-state index is 0.278. The van der Waals surface area contributed by atoms with Gasteiger partial charge in [0.25, 0.3) is 5.91 Å². The highest BCUT2D eigenvalue weighted by Crippen LogP contribution is 2.24. The summed E-state index contributed by atoms with van der Waals surface area (Å²) in [4.78, 5) is 37.8. The summed E-state index contributed by atoms with van der Waals surface area (Å²) in [6, 6.07) is 10.9. The van der Waals surface area contributed by atoms with E-state index in [2.05, 4.69) is 42.8 Å². The maximum absolute atomic E-state index is 12.9. The lowest BCUT2D eigenvalue weighted by Crippen LogP contribution is -2.41. The number of hydrogen-bond donors (Lipinski definition) is 4. The van der Waals surface area contributed by atoms with Gasteiger partial charge in [0.2, 0.25) is 11.9 Å². The van der Waals surface area contributed by atoms with Gasteiger partial charge in [-0.15, -0.1) is 0 Å². The zero-order valence-corrected chi connectivity index (χ0v) is 19.8. The molecule has 0 unspecified atom stereocenters. The van der Waals surface area contributed by atoms with Crippen LogP contribution in [0.4, 0.5) is 28.8 Å². The number of benzene rings is 1. The summed E-state index contributed by atoms with van der Waals surface area (Å²) in [6.07, 6.45) is 5.21. The van der Waals surface area contributed by atoms with E-state index in [4.69, 9.17) is 0 Å². The fourth-order valence-corrected chi connectivity index (χ4v) is 2.95. The molecule has 9 heteroatoms. The molecule has 0 fully saturated rings. The van der Waals surface area contributed by atoms with E-state index in [1.165, 1.54) is 12.3 Å². The van der Waals surface area contributed by atoms with Crippen LogP contribution in [0.2, 0.25) is 0 Å².